The summed E-state index contributed by atoms with van der Waals surface area (Å²) in [5.41, 5.74) is 2.05. The van der Waals surface area contributed by atoms with Crippen molar-refractivity contribution in [2.75, 3.05) is 26.3 Å². The van der Waals surface area contributed by atoms with Crippen LogP contribution in [0.4, 0.5) is 0 Å². The predicted molar refractivity (Wildman–Crippen MR) is 81.3 cm³/mol. The van der Waals surface area contributed by atoms with E-state index in [0.717, 1.165) is 50.4 Å². The lowest BCUT2D eigenvalue weighted by atomic mass is 10.0. The van der Waals surface area contributed by atoms with E-state index in [1.54, 1.807) is 0 Å². The molecule has 0 aromatic carbocycles. The number of imidazole rings is 1. The number of rotatable bonds is 3. The lowest BCUT2D eigenvalue weighted by Gasteiger charge is -2.23. The van der Waals surface area contributed by atoms with E-state index in [1.807, 2.05) is 12.3 Å². The Morgan fingerprint density at radius 2 is 2.38 bits per heavy atom. The Kier molecular flexibility index (Phi) is 3.61. The third-order valence-electron chi connectivity index (χ3n) is 4.66. The minimum absolute atomic E-state index is 0.419. The number of hydrogen-bond acceptors (Lipinski definition) is 4. The molecule has 2 aliphatic rings. The van der Waals surface area contributed by atoms with Gasteiger partial charge in [-0.3, -0.25) is 0 Å². The highest BCUT2D eigenvalue weighted by molar-refractivity contribution is 5.71. The number of hydrogen-bond donors (Lipinski definition) is 1. The molecule has 0 spiro atoms. The predicted octanol–water partition coefficient (Wildman–Crippen LogP) is 1.93. The quantitative estimate of drug-likeness (QED) is 0.937. The van der Waals surface area contributed by atoms with Crippen LogP contribution in [0.25, 0.3) is 11.2 Å². The normalized spacial score (nSPS) is 26.5. The molecule has 21 heavy (non-hydrogen) atoms. The van der Waals surface area contributed by atoms with Crippen molar-refractivity contribution < 1.29 is 4.74 Å². The molecule has 5 heteroatoms. The number of fused-ring (bicyclic) bond motifs is 1. The van der Waals surface area contributed by atoms with Gasteiger partial charge in [0.25, 0.3) is 0 Å². The molecule has 2 unspecified atom stereocenters. The summed E-state index contributed by atoms with van der Waals surface area (Å²) in [4.78, 5) is 9.46. The zero-order chi connectivity index (χ0) is 14.1. The summed E-state index contributed by atoms with van der Waals surface area (Å²) in [5.74, 6) is 2.28. The molecule has 5 nitrogen and oxygen atoms in total. The van der Waals surface area contributed by atoms with Crippen LogP contribution in [0, 0.1) is 5.92 Å². The van der Waals surface area contributed by atoms with Crippen molar-refractivity contribution in [1.29, 1.82) is 0 Å². The summed E-state index contributed by atoms with van der Waals surface area (Å²) >= 11 is 0. The Labute approximate surface area is 124 Å². The fourth-order valence-corrected chi connectivity index (χ4v) is 3.54. The first-order valence-corrected chi connectivity index (χ1v) is 8.01. The van der Waals surface area contributed by atoms with Crippen molar-refractivity contribution in [2.45, 2.75) is 31.7 Å². The molecule has 2 aromatic rings. The molecule has 0 radical (unpaired) electrons. The molecule has 2 aromatic heterocycles. The van der Waals surface area contributed by atoms with Crippen molar-refractivity contribution in [1.82, 2.24) is 19.9 Å². The van der Waals surface area contributed by atoms with Gasteiger partial charge in [-0.05, 0) is 50.4 Å². The van der Waals surface area contributed by atoms with Crippen LogP contribution < -0.4 is 5.32 Å². The summed E-state index contributed by atoms with van der Waals surface area (Å²) in [6.45, 7) is 4.94. The number of pyridine rings is 1. The second-order valence-corrected chi connectivity index (χ2v) is 6.20. The minimum atomic E-state index is 0.419. The van der Waals surface area contributed by atoms with Gasteiger partial charge in [0.2, 0.25) is 0 Å². The molecular weight excluding hydrogens is 264 g/mol. The first-order valence-electron chi connectivity index (χ1n) is 8.01. The highest BCUT2D eigenvalue weighted by Gasteiger charge is 2.25. The SMILES string of the molecule is c1cnc2c(c1)nc(C1CCCOC1)n2CC1CCNC1. The van der Waals surface area contributed by atoms with Gasteiger partial charge in [-0.1, -0.05) is 0 Å². The molecule has 0 amide bonds. The molecule has 0 aliphatic carbocycles. The number of nitrogens with zero attached hydrogens (tertiary/aromatic N) is 3. The van der Waals surface area contributed by atoms with Gasteiger partial charge in [-0.25, -0.2) is 9.97 Å². The first-order chi connectivity index (χ1) is 10.4. The maximum absolute atomic E-state index is 5.67. The standard InChI is InChI=1S/C16H22N4O/c1-4-14-16(18-6-1)20(10-12-5-7-17-9-12)15(19-14)13-3-2-8-21-11-13/h1,4,6,12-13,17H,2-3,5,7-11H2. The summed E-state index contributed by atoms with van der Waals surface area (Å²) < 4.78 is 8.02. The highest BCUT2D eigenvalue weighted by atomic mass is 16.5. The second kappa shape index (κ2) is 5.73. The minimum Gasteiger partial charge on any atom is -0.381 e. The lowest BCUT2D eigenvalue weighted by molar-refractivity contribution is 0.0769. The summed E-state index contributed by atoms with van der Waals surface area (Å²) in [5, 5.41) is 3.45. The highest BCUT2D eigenvalue weighted by Crippen LogP contribution is 2.28. The zero-order valence-electron chi connectivity index (χ0n) is 12.3. The lowest BCUT2D eigenvalue weighted by Crippen LogP contribution is -2.22. The number of aromatic nitrogens is 3. The second-order valence-electron chi connectivity index (χ2n) is 6.20. The molecule has 4 rings (SSSR count). The van der Waals surface area contributed by atoms with E-state index in [2.05, 4.69) is 20.9 Å². The molecule has 2 atom stereocenters. The van der Waals surface area contributed by atoms with Gasteiger partial charge in [0, 0.05) is 25.3 Å². The molecule has 112 valence electrons. The van der Waals surface area contributed by atoms with Crippen molar-refractivity contribution >= 4 is 11.2 Å². The van der Waals surface area contributed by atoms with E-state index < -0.39 is 0 Å². The molecule has 4 heterocycles. The number of ether oxygens (including phenoxy) is 1. The van der Waals surface area contributed by atoms with Gasteiger partial charge >= 0.3 is 0 Å². The van der Waals surface area contributed by atoms with E-state index in [-0.39, 0.29) is 0 Å². The van der Waals surface area contributed by atoms with Crippen molar-refractivity contribution in [3.8, 4) is 0 Å². The fourth-order valence-electron chi connectivity index (χ4n) is 3.54. The van der Waals surface area contributed by atoms with Crippen molar-refractivity contribution in [3.05, 3.63) is 24.2 Å². The van der Waals surface area contributed by atoms with Crippen molar-refractivity contribution in [2.24, 2.45) is 5.92 Å². The van der Waals surface area contributed by atoms with Crippen LogP contribution >= 0.6 is 0 Å². The van der Waals surface area contributed by atoms with E-state index in [4.69, 9.17) is 9.72 Å². The maximum atomic E-state index is 5.67. The Morgan fingerprint density at radius 3 is 3.19 bits per heavy atom. The zero-order valence-corrected chi connectivity index (χ0v) is 12.3. The van der Waals surface area contributed by atoms with Crippen LogP contribution in [-0.4, -0.2) is 40.8 Å². The smallest absolute Gasteiger partial charge is 0.160 e. The van der Waals surface area contributed by atoms with Crippen LogP contribution in [0.15, 0.2) is 18.3 Å². The maximum Gasteiger partial charge on any atom is 0.160 e. The molecule has 1 N–H and O–H groups in total. The molecule has 0 saturated carbocycles. The van der Waals surface area contributed by atoms with E-state index in [1.165, 1.54) is 18.7 Å². The van der Waals surface area contributed by atoms with Gasteiger partial charge in [0.1, 0.15) is 11.3 Å². The Hall–Kier alpha value is -1.46. The molecular formula is C16H22N4O. The average molecular weight is 286 g/mol. The van der Waals surface area contributed by atoms with E-state index >= 15 is 0 Å². The molecule has 2 aliphatic heterocycles. The Morgan fingerprint density at radius 1 is 1.38 bits per heavy atom. The average Bonchev–Trinajstić information content (AvgIpc) is 3.17. The summed E-state index contributed by atoms with van der Waals surface area (Å²) in [6.07, 6.45) is 5.42. The van der Waals surface area contributed by atoms with Gasteiger partial charge in [-0.15, -0.1) is 0 Å². The third-order valence-corrected chi connectivity index (χ3v) is 4.66. The van der Waals surface area contributed by atoms with Gasteiger partial charge in [0.05, 0.1) is 6.61 Å². The monoisotopic (exact) mass is 286 g/mol. The van der Waals surface area contributed by atoms with Crippen LogP contribution in [0.1, 0.15) is 31.0 Å². The van der Waals surface area contributed by atoms with E-state index in [0.29, 0.717) is 11.8 Å². The van der Waals surface area contributed by atoms with Gasteiger partial charge in [0.15, 0.2) is 5.65 Å². The van der Waals surface area contributed by atoms with Crippen LogP contribution in [0.2, 0.25) is 0 Å². The van der Waals surface area contributed by atoms with Crippen LogP contribution in [0.3, 0.4) is 0 Å². The summed E-state index contributed by atoms with van der Waals surface area (Å²) in [7, 11) is 0. The van der Waals surface area contributed by atoms with Crippen LogP contribution in [0.5, 0.6) is 0 Å². The largest absolute Gasteiger partial charge is 0.381 e. The van der Waals surface area contributed by atoms with Crippen LogP contribution in [-0.2, 0) is 11.3 Å². The molecule has 2 saturated heterocycles. The van der Waals surface area contributed by atoms with Crippen molar-refractivity contribution in [3.63, 3.8) is 0 Å². The summed E-state index contributed by atoms with van der Waals surface area (Å²) in [6, 6.07) is 4.04. The van der Waals surface area contributed by atoms with E-state index in [9.17, 15) is 0 Å². The van der Waals surface area contributed by atoms with Gasteiger partial charge in [-0.2, -0.15) is 0 Å². The first kappa shape index (κ1) is 13.2. The Balaban J connectivity index is 1.72. The molecule has 0 bridgehead atoms. The number of nitrogens with one attached hydrogen (secondary N) is 1. The van der Waals surface area contributed by atoms with Gasteiger partial charge < -0.3 is 14.6 Å². The molecule has 2 fully saturated rings. The third kappa shape index (κ3) is 2.56. The topological polar surface area (TPSA) is 52.0 Å². The fraction of sp³-hybridized carbons (Fsp3) is 0.625. The Bertz CT molecular complexity index is 612.